The third-order valence-corrected chi connectivity index (χ3v) is 3.46. The number of hydrogen-bond acceptors (Lipinski definition) is 3. The van der Waals surface area contributed by atoms with E-state index in [2.05, 4.69) is 50.4 Å². The minimum absolute atomic E-state index is 0.0652. The van der Waals surface area contributed by atoms with Crippen molar-refractivity contribution in [3.8, 4) is 0 Å². The SMILES string of the molecule is CC(C)(C)c1ccc(C2CNC(C(=O)O)CO2)cc1. The van der Waals surface area contributed by atoms with E-state index in [4.69, 9.17) is 9.84 Å². The Morgan fingerprint density at radius 1 is 1.32 bits per heavy atom. The van der Waals surface area contributed by atoms with Crippen LogP contribution in [0.3, 0.4) is 0 Å². The number of benzene rings is 1. The number of hydrogen-bond donors (Lipinski definition) is 2. The number of ether oxygens (including phenoxy) is 1. The van der Waals surface area contributed by atoms with E-state index in [1.807, 2.05) is 0 Å². The molecule has 1 heterocycles. The van der Waals surface area contributed by atoms with Gasteiger partial charge in [-0.1, -0.05) is 45.0 Å². The van der Waals surface area contributed by atoms with E-state index in [-0.39, 0.29) is 18.1 Å². The zero-order chi connectivity index (χ0) is 14.0. The third kappa shape index (κ3) is 3.33. The summed E-state index contributed by atoms with van der Waals surface area (Å²) in [6.45, 7) is 7.28. The third-order valence-electron chi connectivity index (χ3n) is 3.46. The maximum absolute atomic E-state index is 10.8. The fourth-order valence-electron chi connectivity index (χ4n) is 2.15. The Kier molecular flexibility index (Phi) is 3.92. The number of morpholine rings is 1. The summed E-state index contributed by atoms with van der Waals surface area (Å²) in [6.07, 6.45) is -0.0652. The monoisotopic (exact) mass is 263 g/mol. The Bertz CT molecular complexity index is 439. The van der Waals surface area contributed by atoms with Crippen LogP contribution in [0.1, 0.15) is 38.0 Å². The molecule has 2 atom stereocenters. The second-order valence-electron chi connectivity index (χ2n) is 5.99. The molecular formula is C15H21NO3. The zero-order valence-corrected chi connectivity index (χ0v) is 11.6. The number of aliphatic carboxylic acids is 1. The second-order valence-corrected chi connectivity index (χ2v) is 5.99. The summed E-state index contributed by atoms with van der Waals surface area (Å²) in [6, 6.07) is 7.76. The van der Waals surface area contributed by atoms with Crippen molar-refractivity contribution < 1.29 is 14.6 Å². The van der Waals surface area contributed by atoms with Gasteiger partial charge in [0.25, 0.3) is 0 Å². The number of carboxylic acids is 1. The predicted octanol–water partition coefficient (Wildman–Crippen LogP) is 2.10. The van der Waals surface area contributed by atoms with Crippen LogP contribution in [-0.2, 0) is 14.9 Å². The lowest BCUT2D eigenvalue weighted by molar-refractivity contribution is -0.144. The van der Waals surface area contributed by atoms with Crippen LogP contribution in [-0.4, -0.2) is 30.3 Å². The standard InChI is InChI=1S/C15H21NO3/c1-15(2,3)11-6-4-10(5-7-11)13-8-16-12(9-19-13)14(17)18/h4-7,12-13,16H,8-9H2,1-3H3,(H,17,18). The molecule has 2 N–H and O–H groups in total. The van der Waals surface area contributed by atoms with E-state index in [1.54, 1.807) is 0 Å². The molecule has 1 aliphatic rings. The first-order valence-electron chi connectivity index (χ1n) is 6.56. The molecule has 1 aliphatic heterocycles. The molecule has 0 radical (unpaired) electrons. The molecule has 0 spiro atoms. The predicted molar refractivity (Wildman–Crippen MR) is 73.3 cm³/mol. The van der Waals surface area contributed by atoms with E-state index < -0.39 is 12.0 Å². The zero-order valence-electron chi connectivity index (χ0n) is 11.6. The molecular weight excluding hydrogens is 242 g/mol. The van der Waals surface area contributed by atoms with Gasteiger partial charge in [-0.3, -0.25) is 10.1 Å². The summed E-state index contributed by atoms with van der Waals surface area (Å²) < 4.78 is 5.62. The largest absolute Gasteiger partial charge is 0.480 e. The maximum Gasteiger partial charge on any atom is 0.323 e. The van der Waals surface area contributed by atoms with Gasteiger partial charge in [0.1, 0.15) is 6.04 Å². The lowest BCUT2D eigenvalue weighted by Gasteiger charge is -2.29. The highest BCUT2D eigenvalue weighted by molar-refractivity contribution is 5.73. The molecule has 1 saturated heterocycles. The molecule has 0 aliphatic carbocycles. The molecule has 1 fully saturated rings. The van der Waals surface area contributed by atoms with Crippen LogP contribution >= 0.6 is 0 Å². The summed E-state index contributed by atoms with van der Waals surface area (Å²) in [5.74, 6) is -0.860. The van der Waals surface area contributed by atoms with Crippen LogP contribution in [0.4, 0.5) is 0 Å². The van der Waals surface area contributed by atoms with Gasteiger partial charge >= 0.3 is 5.97 Å². The molecule has 2 rings (SSSR count). The van der Waals surface area contributed by atoms with Crippen molar-refractivity contribution in [2.45, 2.75) is 38.3 Å². The topological polar surface area (TPSA) is 58.6 Å². The highest BCUT2D eigenvalue weighted by Gasteiger charge is 2.26. The van der Waals surface area contributed by atoms with Crippen molar-refractivity contribution in [1.82, 2.24) is 5.32 Å². The number of nitrogens with one attached hydrogen (secondary N) is 1. The Balaban J connectivity index is 2.02. The van der Waals surface area contributed by atoms with Gasteiger partial charge in [-0.05, 0) is 16.5 Å². The summed E-state index contributed by atoms with van der Waals surface area (Å²) >= 11 is 0. The molecule has 1 aromatic rings. The second kappa shape index (κ2) is 5.31. The molecule has 0 aromatic heterocycles. The van der Waals surface area contributed by atoms with Crippen LogP contribution in [0.2, 0.25) is 0 Å². The summed E-state index contributed by atoms with van der Waals surface area (Å²) in [5, 5.41) is 11.9. The minimum Gasteiger partial charge on any atom is -0.480 e. The average molecular weight is 263 g/mol. The van der Waals surface area contributed by atoms with Crippen molar-refractivity contribution in [2.24, 2.45) is 0 Å². The molecule has 0 amide bonds. The minimum atomic E-state index is -0.860. The first-order valence-corrected chi connectivity index (χ1v) is 6.56. The molecule has 4 heteroatoms. The van der Waals surface area contributed by atoms with Crippen molar-refractivity contribution >= 4 is 5.97 Å². The van der Waals surface area contributed by atoms with E-state index >= 15 is 0 Å². The molecule has 1 aromatic carbocycles. The van der Waals surface area contributed by atoms with Crippen LogP contribution < -0.4 is 5.32 Å². The van der Waals surface area contributed by atoms with E-state index in [1.165, 1.54) is 5.56 Å². The smallest absolute Gasteiger partial charge is 0.323 e. The summed E-state index contributed by atoms with van der Waals surface area (Å²) in [5.41, 5.74) is 2.51. The fourth-order valence-corrected chi connectivity index (χ4v) is 2.15. The number of carboxylic acid groups (broad SMARTS) is 1. The fraction of sp³-hybridized carbons (Fsp3) is 0.533. The first-order chi connectivity index (χ1) is 8.88. The van der Waals surface area contributed by atoms with E-state index in [0.29, 0.717) is 6.54 Å². The van der Waals surface area contributed by atoms with Crippen LogP contribution in [0, 0.1) is 0 Å². The van der Waals surface area contributed by atoms with Gasteiger partial charge in [-0.25, -0.2) is 0 Å². The molecule has 4 nitrogen and oxygen atoms in total. The Hall–Kier alpha value is -1.39. The Morgan fingerprint density at radius 2 is 1.95 bits per heavy atom. The van der Waals surface area contributed by atoms with Gasteiger partial charge in [0, 0.05) is 6.54 Å². The number of rotatable bonds is 2. The van der Waals surface area contributed by atoms with Crippen molar-refractivity contribution in [3.63, 3.8) is 0 Å². The molecule has 104 valence electrons. The lowest BCUT2D eigenvalue weighted by atomic mass is 9.86. The highest BCUT2D eigenvalue weighted by atomic mass is 16.5. The van der Waals surface area contributed by atoms with Crippen LogP contribution in [0.5, 0.6) is 0 Å². The Labute approximate surface area is 113 Å². The Morgan fingerprint density at radius 3 is 2.37 bits per heavy atom. The quantitative estimate of drug-likeness (QED) is 0.858. The molecule has 2 unspecified atom stereocenters. The van der Waals surface area contributed by atoms with Crippen LogP contribution in [0.15, 0.2) is 24.3 Å². The van der Waals surface area contributed by atoms with E-state index in [9.17, 15) is 4.79 Å². The highest BCUT2D eigenvalue weighted by Crippen LogP contribution is 2.26. The van der Waals surface area contributed by atoms with Gasteiger partial charge in [-0.2, -0.15) is 0 Å². The van der Waals surface area contributed by atoms with Gasteiger partial charge in [0.2, 0.25) is 0 Å². The first kappa shape index (κ1) is 14.0. The van der Waals surface area contributed by atoms with Crippen molar-refractivity contribution in [1.29, 1.82) is 0 Å². The van der Waals surface area contributed by atoms with Gasteiger partial charge in [-0.15, -0.1) is 0 Å². The van der Waals surface area contributed by atoms with Gasteiger partial charge < -0.3 is 9.84 Å². The van der Waals surface area contributed by atoms with Crippen LogP contribution in [0.25, 0.3) is 0 Å². The normalized spacial score (nSPS) is 24.2. The van der Waals surface area contributed by atoms with Gasteiger partial charge in [0.15, 0.2) is 0 Å². The molecule has 19 heavy (non-hydrogen) atoms. The summed E-state index contributed by atoms with van der Waals surface area (Å²) in [7, 11) is 0. The lowest BCUT2D eigenvalue weighted by Crippen LogP contribution is -2.47. The molecule has 0 bridgehead atoms. The van der Waals surface area contributed by atoms with Crippen molar-refractivity contribution in [3.05, 3.63) is 35.4 Å². The maximum atomic E-state index is 10.8. The summed E-state index contributed by atoms with van der Waals surface area (Å²) in [4.78, 5) is 10.8. The van der Waals surface area contributed by atoms with Gasteiger partial charge in [0.05, 0.1) is 12.7 Å². The van der Waals surface area contributed by atoms with Crippen molar-refractivity contribution in [2.75, 3.05) is 13.2 Å². The average Bonchev–Trinajstić information content (AvgIpc) is 2.38. The molecule has 0 saturated carbocycles. The van der Waals surface area contributed by atoms with E-state index in [0.717, 1.165) is 5.56 Å². The number of carbonyl (C=O) groups is 1.